The Morgan fingerprint density at radius 3 is 2.68 bits per heavy atom. The molecule has 0 aromatic carbocycles. The summed E-state index contributed by atoms with van der Waals surface area (Å²) >= 11 is 0. The summed E-state index contributed by atoms with van der Waals surface area (Å²) in [6, 6.07) is 0.639. The van der Waals surface area contributed by atoms with Crippen LogP contribution in [0.4, 0.5) is 0 Å². The molecule has 22 heavy (non-hydrogen) atoms. The first-order valence-corrected chi connectivity index (χ1v) is 6.93. The van der Waals surface area contributed by atoms with Gasteiger partial charge in [-0.25, -0.2) is 9.78 Å². The van der Waals surface area contributed by atoms with Crippen LogP contribution in [0, 0.1) is 0 Å². The number of hydrogen-bond donors (Lipinski definition) is 3. The first-order valence-electron chi connectivity index (χ1n) is 6.93. The van der Waals surface area contributed by atoms with E-state index in [2.05, 4.69) is 20.4 Å². The number of carboxylic acid groups (broad SMARTS) is 1. The van der Waals surface area contributed by atoms with Crippen molar-refractivity contribution >= 4 is 11.9 Å². The van der Waals surface area contributed by atoms with Gasteiger partial charge in [-0.15, -0.1) is 0 Å². The molecule has 0 aliphatic heterocycles. The molecule has 0 radical (unpaired) electrons. The van der Waals surface area contributed by atoms with Gasteiger partial charge in [-0.1, -0.05) is 13.8 Å². The van der Waals surface area contributed by atoms with Crippen LogP contribution in [0.15, 0.2) is 18.6 Å². The molecule has 0 aliphatic rings. The highest BCUT2D eigenvalue weighted by atomic mass is 16.4. The van der Waals surface area contributed by atoms with E-state index in [0.717, 1.165) is 5.69 Å². The van der Waals surface area contributed by atoms with Crippen LogP contribution in [0.3, 0.4) is 0 Å². The quantitative estimate of drug-likeness (QED) is 0.727. The van der Waals surface area contributed by atoms with Crippen molar-refractivity contribution < 1.29 is 14.7 Å². The fourth-order valence-corrected chi connectivity index (χ4v) is 2.03. The summed E-state index contributed by atoms with van der Waals surface area (Å²) in [4.78, 5) is 30.3. The summed E-state index contributed by atoms with van der Waals surface area (Å²) in [6.45, 7) is 3.95. The van der Waals surface area contributed by atoms with Crippen molar-refractivity contribution in [2.45, 2.75) is 32.2 Å². The van der Waals surface area contributed by atoms with Gasteiger partial charge in [-0.2, -0.15) is 5.10 Å². The number of amides is 1. The van der Waals surface area contributed by atoms with E-state index in [1.165, 1.54) is 17.2 Å². The molecule has 0 saturated carbocycles. The lowest BCUT2D eigenvalue weighted by molar-refractivity contribution is -0.139. The first-order chi connectivity index (χ1) is 10.4. The first kappa shape index (κ1) is 15.7. The molecule has 0 bridgehead atoms. The van der Waals surface area contributed by atoms with Gasteiger partial charge >= 0.3 is 5.97 Å². The Morgan fingerprint density at radius 2 is 2.18 bits per heavy atom. The van der Waals surface area contributed by atoms with Crippen molar-refractivity contribution in [2.75, 3.05) is 0 Å². The molecule has 2 aromatic heterocycles. The number of aryl methyl sites for hydroxylation is 1. The monoisotopic (exact) mass is 305 g/mol. The lowest BCUT2D eigenvalue weighted by Crippen LogP contribution is -2.43. The van der Waals surface area contributed by atoms with Gasteiger partial charge in [0.05, 0.1) is 12.0 Å². The highest BCUT2D eigenvalue weighted by Gasteiger charge is 2.24. The number of rotatable bonds is 6. The van der Waals surface area contributed by atoms with Crippen LogP contribution < -0.4 is 5.32 Å². The summed E-state index contributed by atoms with van der Waals surface area (Å²) < 4.78 is 1.46. The predicted molar refractivity (Wildman–Crippen MR) is 78.5 cm³/mol. The molecule has 1 amide bonds. The van der Waals surface area contributed by atoms with E-state index in [0.29, 0.717) is 11.4 Å². The van der Waals surface area contributed by atoms with Gasteiger partial charge in [0.25, 0.3) is 5.91 Å². The lowest BCUT2D eigenvalue weighted by Gasteiger charge is -2.13. The van der Waals surface area contributed by atoms with Gasteiger partial charge in [-0.05, 0) is 12.0 Å². The van der Waals surface area contributed by atoms with Crippen molar-refractivity contribution in [1.29, 1.82) is 0 Å². The second-order valence-electron chi connectivity index (χ2n) is 5.38. The zero-order chi connectivity index (χ0) is 16.3. The second kappa shape index (κ2) is 6.42. The van der Waals surface area contributed by atoms with Crippen LogP contribution >= 0.6 is 0 Å². The molecule has 8 nitrogen and oxygen atoms in total. The van der Waals surface area contributed by atoms with E-state index < -0.39 is 17.9 Å². The molecule has 2 rings (SSSR count). The van der Waals surface area contributed by atoms with Gasteiger partial charge < -0.3 is 15.4 Å². The predicted octanol–water partition coefficient (Wildman–Crippen LogP) is 0.692. The minimum atomic E-state index is -1.10. The molecule has 2 aromatic rings. The number of carboxylic acids is 1. The van der Waals surface area contributed by atoms with E-state index in [-0.39, 0.29) is 12.3 Å². The number of nitrogens with zero attached hydrogens (tertiary/aromatic N) is 3. The third kappa shape index (κ3) is 3.51. The maximum Gasteiger partial charge on any atom is 0.326 e. The summed E-state index contributed by atoms with van der Waals surface area (Å²) in [5, 5.41) is 16.0. The second-order valence-corrected chi connectivity index (χ2v) is 5.38. The van der Waals surface area contributed by atoms with E-state index in [4.69, 9.17) is 0 Å². The Hall–Kier alpha value is -2.64. The van der Waals surface area contributed by atoms with Gasteiger partial charge in [-0.3, -0.25) is 9.48 Å². The third-order valence-electron chi connectivity index (χ3n) is 3.31. The van der Waals surface area contributed by atoms with Crippen molar-refractivity contribution in [1.82, 2.24) is 25.1 Å². The summed E-state index contributed by atoms with van der Waals surface area (Å²) in [5.41, 5.74) is 1.76. The Morgan fingerprint density at radius 1 is 1.45 bits per heavy atom. The number of aromatic amines is 1. The molecule has 3 N–H and O–H groups in total. The molecule has 0 aliphatic carbocycles. The zero-order valence-corrected chi connectivity index (χ0v) is 12.7. The smallest absolute Gasteiger partial charge is 0.326 e. The van der Waals surface area contributed by atoms with Crippen LogP contribution in [-0.2, 0) is 18.3 Å². The van der Waals surface area contributed by atoms with Gasteiger partial charge in [0.15, 0.2) is 0 Å². The van der Waals surface area contributed by atoms with Gasteiger partial charge in [0.2, 0.25) is 0 Å². The Bertz CT molecular complexity index is 660. The normalized spacial score (nSPS) is 12.4. The summed E-state index contributed by atoms with van der Waals surface area (Å²) in [7, 11) is 1.66. The fourth-order valence-electron chi connectivity index (χ4n) is 2.03. The van der Waals surface area contributed by atoms with Crippen LogP contribution in [0.2, 0.25) is 0 Å². The Labute approximate surface area is 127 Å². The number of carbonyl (C=O) groups is 2. The molecule has 8 heteroatoms. The Kier molecular flexibility index (Phi) is 4.59. The SMILES string of the molecule is CC(C)c1cc(C(=O)NC(Cc2cnc[nH]2)C(=O)O)n(C)n1. The Balaban J connectivity index is 2.12. The van der Waals surface area contributed by atoms with Gasteiger partial charge in [0, 0.05) is 25.4 Å². The maximum atomic E-state index is 12.3. The summed E-state index contributed by atoms with van der Waals surface area (Å²) in [6.07, 6.45) is 3.13. The van der Waals surface area contributed by atoms with Gasteiger partial charge in [0.1, 0.15) is 11.7 Å². The van der Waals surface area contributed by atoms with Crippen LogP contribution in [0.1, 0.15) is 41.6 Å². The van der Waals surface area contributed by atoms with Crippen molar-refractivity contribution in [2.24, 2.45) is 7.05 Å². The highest BCUT2D eigenvalue weighted by Crippen LogP contribution is 2.14. The van der Waals surface area contributed by atoms with Crippen molar-refractivity contribution in [3.8, 4) is 0 Å². The molecular formula is C14H19N5O3. The molecule has 0 fully saturated rings. The van der Waals surface area contributed by atoms with E-state index in [9.17, 15) is 14.7 Å². The molecule has 118 valence electrons. The van der Waals surface area contributed by atoms with E-state index >= 15 is 0 Å². The van der Waals surface area contributed by atoms with Crippen LogP contribution in [0.25, 0.3) is 0 Å². The van der Waals surface area contributed by atoms with Crippen molar-refractivity contribution in [3.05, 3.63) is 35.7 Å². The number of imidazole rings is 1. The third-order valence-corrected chi connectivity index (χ3v) is 3.31. The number of nitrogens with one attached hydrogen (secondary N) is 2. The molecule has 1 unspecified atom stereocenters. The number of carbonyl (C=O) groups excluding carboxylic acids is 1. The molecule has 0 saturated heterocycles. The minimum absolute atomic E-state index is 0.135. The average molecular weight is 305 g/mol. The minimum Gasteiger partial charge on any atom is -0.480 e. The van der Waals surface area contributed by atoms with E-state index in [1.807, 2.05) is 13.8 Å². The average Bonchev–Trinajstić information content (AvgIpc) is 3.07. The lowest BCUT2D eigenvalue weighted by atomic mass is 10.1. The largest absolute Gasteiger partial charge is 0.480 e. The molecule has 0 spiro atoms. The molecule has 2 heterocycles. The fraction of sp³-hybridized carbons (Fsp3) is 0.429. The number of hydrogen-bond acceptors (Lipinski definition) is 4. The standard InChI is InChI=1S/C14H19N5O3/c1-8(2)10-5-12(19(3)18-10)13(20)17-11(14(21)22)4-9-6-15-7-16-9/h5-8,11H,4H2,1-3H3,(H,15,16)(H,17,20)(H,21,22). The highest BCUT2D eigenvalue weighted by molar-refractivity contribution is 5.95. The molecular weight excluding hydrogens is 286 g/mol. The zero-order valence-electron chi connectivity index (χ0n) is 12.7. The van der Waals surface area contributed by atoms with Crippen molar-refractivity contribution in [3.63, 3.8) is 0 Å². The summed E-state index contributed by atoms with van der Waals surface area (Å²) in [5.74, 6) is -1.38. The van der Waals surface area contributed by atoms with Crippen LogP contribution in [0.5, 0.6) is 0 Å². The number of H-pyrrole nitrogens is 1. The van der Waals surface area contributed by atoms with Crippen LogP contribution in [-0.4, -0.2) is 42.8 Å². The van der Waals surface area contributed by atoms with E-state index in [1.54, 1.807) is 13.1 Å². The maximum absolute atomic E-state index is 12.3. The number of aliphatic carboxylic acids is 1. The topological polar surface area (TPSA) is 113 Å². The number of aromatic nitrogens is 4. The molecule has 1 atom stereocenters.